The fourth-order valence-corrected chi connectivity index (χ4v) is 1.55. The molecular formula is C11H13FN2O. The number of rotatable bonds is 2. The molecule has 0 fully saturated rings. The van der Waals surface area contributed by atoms with E-state index in [0.29, 0.717) is 22.5 Å². The lowest BCUT2D eigenvalue weighted by Gasteiger charge is -1.99. The maximum atomic E-state index is 13.9. The smallest absolute Gasteiger partial charge is 0.153 e. The number of pyridine rings is 1. The topological polar surface area (TPSA) is 37.9 Å². The predicted molar refractivity (Wildman–Crippen MR) is 56.7 cm³/mol. The van der Waals surface area contributed by atoms with E-state index < -0.39 is 0 Å². The first-order valence-corrected chi connectivity index (χ1v) is 4.84. The lowest BCUT2D eigenvalue weighted by Crippen LogP contribution is -1.89. The Labute approximate surface area is 87.3 Å². The van der Waals surface area contributed by atoms with Gasteiger partial charge in [0.25, 0.3) is 0 Å². The molecule has 2 rings (SSSR count). The van der Waals surface area contributed by atoms with Crippen molar-refractivity contribution in [2.24, 2.45) is 0 Å². The van der Waals surface area contributed by atoms with Gasteiger partial charge in [-0.2, -0.15) is 0 Å². The molecule has 3 nitrogen and oxygen atoms in total. The Morgan fingerprint density at radius 3 is 2.80 bits per heavy atom. The van der Waals surface area contributed by atoms with Crippen LogP contribution in [-0.4, -0.2) is 17.1 Å². The Morgan fingerprint density at radius 1 is 1.47 bits per heavy atom. The lowest BCUT2D eigenvalue weighted by atomic mass is 10.1. The highest BCUT2D eigenvalue weighted by molar-refractivity contribution is 5.79. The number of methoxy groups -OCH3 is 1. The molecule has 2 aromatic rings. The summed E-state index contributed by atoms with van der Waals surface area (Å²) in [6.45, 7) is 3.87. The van der Waals surface area contributed by atoms with Crippen molar-refractivity contribution in [1.82, 2.24) is 9.97 Å². The highest BCUT2D eigenvalue weighted by Crippen LogP contribution is 2.27. The van der Waals surface area contributed by atoms with Gasteiger partial charge in [0.15, 0.2) is 5.82 Å². The zero-order chi connectivity index (χ0) is 11.0. The number of fused-ring (bicyclic) bond motifs is 1. The third kappa shape index (κ3) is 1.56. The number of aromatic nitrogens is 2. The van der Waals surface area contributed by atoms with Crippen LogP contribution in [0, 0.1) is 5.82 Å². The van der Waals surface area contributed by atoms with Crippen molar-refractivity contribution in [3.05, 3.63) is 23.8 Å². The molecule has 0 aliphatic carbocycles. The normalized spacial score (nSPS) is 11.3. The average Bonchev–Trinajstić information content (AvgIpc) is 2.56. The summed E-state index contributed by atoms with van der Waals surface area (Å²) in [5.74, 6) is 0.451. The Kier molecular flexibility index (Phi) is 2.34. The molecule has 0 saturated heterocycles. The third-order valence-electron chi connectivity index (χ3n) is 2.40. The van der Waals surface area contributed by atoms with Gasteiger partial charge in [0.1, 0.15) is 11.4 Å². The molecule has 80 valence electrons. The van der Waals surface area contributed by atoms with Crippen LogP contribution in [-0.2, 0) is 0 Å². The minimum Gasteiger partial charge on any atom is -0.495 e. The fourth-order valence-electron chi connectivity index (χ4n) is 1.55. The summed E-state index contributed by atoms with van der Waals surface area (Å²) in [4.78, 5) is 7.07. The number of ether oxygens (including phenoxy) is 1. The number of hydrogen-bond acceptors (Lipinski definition) is 2. The monoisotopic (exact) mass is 208 g/mol. The summed E-state index contributed by atoms with van der Waals surface area (Å²) in [7, 11) is 1.54. The van der Waals surface area contributed by atoms with Crippen LogP contribution >= 0.6 is 0 Å². The van der Waals surface area contributed by atoms with E-state index in [0.717, 1.165) is 0 Å². The molecule has 15 heavy (non-hydrogen) atoms. The van der Waals surface area contributed by atoms with E-state index in [1.54, 1.807) is 12.3 Å². The second kappa shape index (κ2) is 3.53. The molecule has 1 N–H and O–H groups in total. The molecular weight excluding hydrogens is 195 g/mol. The zero-order valence-corrected chi connectivity index (χ0v) is 8.97. The number of hydrogen-bond donors (Lipinski definition) is 1. The number of nitrogens with zero attached hydrogens (tertiary/aromatic N) is 1. The Bertz CT molecular complexity index is 491. The van der Waals surface area contributed by atoms with Gasteiger partial charge in [0.05, 0.1) is 24.4 Å². The highest BCUT2D eigenvalue weighted by Gasteiger charge is 2.15. The van der Waals surface area contributed by atoms with Crippen molar-refractivity contribution in [1.29, 1.82) is 0 Å². The maximum Gasteiger partial charge on any atom is 0.153 e. The highest BCUT2D eigenvalue weighted by atomic mass is 19.1. The summed E-state index contributed by atoms with van der Waals surface area (Å²) < 4.78 is 18.9. The Balaban J connectivity index is 2.66. The SMILES string of the molecule is COc1cnc2[nH]c(C(C)C)c(F)c2c1. The summed E-state index contributed by atoms with van der Waals surface area (Å²) in [5, 5.41) is 0.484. The van der Waals surface area contributed by atoms with Crippen molar-refractivity contribution in [3.63, 3.8) is 0 Å². The van der Waals surface area contributed by atoms with Crippen LogP contribution in [0.25, 0.3) is 11.0 Å². The van der Waals surface area contributed by atoms with Gasteiger partial charge in [0, 0.05) is 0 Å². The largest absolute Gasteiger partial charge is 0.495 e. The van der Waals surface area contributed by atoms with Crippen molar-refractivity contribution in [3.8, 4) is 5.75 Å². The van der Waals surface area contributed by atoms with Gasteiger partial charge >= 0.3 is 0 Å². The van der Waals surface area contributed by atoms with Crippen LogP contribution in [0.1, 0.15) is 25.5 Å². The number of H-pyrrole nitrogens is 1. The maximum absolute atomic E-state index is 13.9. The molecule has 0 bridgehead atoms. The molecule has 0 aromatic carbocycles. The summed E-state index contributed by atoms with van der Waals surface area (Å²) in [5.41, 5.74) is 1.16. The van der Waals surface area contributed by atoms with Gasteiger partial charge < -0.3 is 9.72 Å². The molecule has 0 atom stereocenters. The Morgan fingerprint density at radius 2 is 2.20 bits per heavy atom. The van der Waals surface area contributed by atoms with E-state index in [1.807, 2.05) is 13.8 Å². The van der Waals surface area contributed by atoms with E-state index in [1.165, 1.54) is 7.11 Å². The van der Waals surface area contributed by atoms with E-state index in [-0.39, 0.29) is 11.7 Å². The molecule has 2 aromatic heterocycles. The molecule has 0 aliphatic rings. The fraction of sp³-hybridized carbons (Fsp3) is 0.364. The third-order valence-corrected chi connectivity index (χ3v) is 2.40. The van der Waals surface area contributed by atoms with E-state index in [9.17, 15) is 4.39 Å². The minimum absolute atomic E-state index is 0.116. The van der Waals surface area contributed by atoms with Gasteiger partial charge in [-0.25, -0.2) is 9.37 Å². The molecule has 0 spiro atoms. The van der Waals surface area contributed by atoms with Crippen molar-refractivity contribution < 1.29 is 9.13 Å². The van der Waals surface area contributed by atoms with E-state index >= 15 is 0 Å². The number of aromatic amines is 1. The molecule has 2 heterocycles. The van der Waals surface area contributed by atoms with E-state index in [2.05, 4.69) is 9.97 Å². The predicted octanol–water partition coefficient (Wildman–Crippen LogP) is 2.83. The standard InChI is InChI=1S/C11H13FN2O/c1-6(2)10-9(12)8-4-7(15-3)5-13-11(8)14-10/h4-6H,1-3H3,(H,13,14). The molecule has 0 amide bonds. The molecule has 0 aliphatic heterocycles. The van der Waals surface area contributed by atoms with Crippen LogP contribution < -0.4 is 4.74 Å². The summed E-state index contributed by atoms with van der Waals surface area (Å²) in [6, 6.07) is 1.65. The zero-order valence-electron chi connectivity index (χ0n) is 8.97. The van der Waals surface area contributed by atoms with Crippen LogP contribution in [0.4, 0.5) is 4.39 Å². The number of halogens is 1. The van der Waals surface area contributed by atoms with Gasteiger partial charge in [-0.15, -0.1) is 0 Å². The van der Waals surface area contributed by atoms with Gasteiger partial charge in [-0.05, 0) is 12.0 Å². The molecule has 4 heteroatoms. The first-order chi connectivity index (χ1) is 7.13. The summed E-state index contributed by atoms with van der Waals surface area (Å²) >= 11 is 0. The number of nitrogens with one attached hydrogen (secondary N) is 1. The quantitative estimate of drug-likeness (QED) is 0.824. The molecule has 0 saturated carbocycles. The van der Waals surface area contributed by atoms with Crippen molar-refractivity contribution in [2.75, 3.05) is 7.11 Å². The van der Waals surface area contributed by atoms with Crippen molar-refractivity contribution in [2.45, 2.75) is 19.8 Å². The van der Waals surface area contributed by atoms with Crippen molar-refractivity contribution >= 4 is 11.0 Å². The minimum atomic E-state index is -0.230. The second-order valence-corrected chi connectivity index (χ2v) is 3.78. The van der Waals surface area contributed by atoms with Crippen LogP contribution in [0.2, 0.25) is 0 Å². The van der Waals surface area contributed by atoms with Crippen LogP contribution in [0.15, 0.2) is 12.3 Å². The average molecular weight is 208 g/mol. The first-order valence-electron chi connectivity index (χ1n) is 4.84. The van der Waals surface area contributed by atoms with Gasteiger partial charge in [0.2, 0.25) is 0 Å². The van der Waals surface area contributed by atoms with Gasteiger partial charge in [-0.1, -0.05) is 13.8 Å². The second-order valence-electron chi connectivity index (χ2n) is 3.78. The van der Waals surface area contributed by atoms with Crippen LogP contribution in [0.5, 0.6) is 5.75 Å². The lowest BCUT2D eigenvalue weighted by molar-refractivity contribution is 0.413. The molecule has 0 radical (unpaired) electrons. The van der Waals surface area contributed by atoms with E-state index in [4.69, 9.17) is 4.74 Å². The molecule has 0 unspecified atom stereocenters. The van der Waals surface area contributed by atoms with Crippen LogP contribution in [0.3, 0.4) is 0 Å². The summed E-state index contributed by atoms with van der Waals surface area (Å²) in [6.07, 6.45) is 1.57. The first kappa shape index (κ1) is 9.96. The Hall–Kier alpha value is -1.58. The van der Waals surface area contributed by atoms with Gasteiger partial charge in [-0.3, -0.25) is 0 Å².